The second kappa shape index (κ2) is 10.7. The monoisotopic (exact) mass is 633 g/mol. The number of rotatable bonds is 6. The van der Waals surface area contributed by atoms with Crippen molar-refractivity contribution in [2.45, 2.75) is 37.8 Å². The second-order valence-electron chi connectivity index (χ2n) is 10.3. The number of nitrogens with zero attached hydrogens (tertiary/aromatic N) is 3. The van der Waals surface area contributed by atoms with Crippen LogP contribution in [0.1, 0.15) is 56.6 Å². The second-order valence-corrected chi connectivity index (χ2v) is 10.3. The zero-order valence-corrected chi connectivity index (χ0v) is 23.1. The van der Waals surface area contributed by atoms with Crippen molar-refractivity contribution in [2.75, 3.05) is 11.9 Å². The molecule has 1 aromatic heterocycles. The lowest BCUT2D eigenvalue weighted by molar-refractivity contribution is -0.286. The number of anilines is 1. The van der Waals surface area contributed by atoms with Gasteiger partial charge in [-0.3, -0.25) is 4.79 Å². The summed E-state index contributed by atoms with van der Waals surface area (Å²) in [6.45, 7) is 0. The highest BCUT2D eigenvalue weighted by Crippen LogP contribution is 2.44. The molecule has 0 fully saturated rings. The Balaban J connectivity index is 1.35. The Morgan fingerprint density at radius 1 is 1.07 bits per heavy atom. The lowest BCUT2D eigenvalue weighted by atomic mass is 9.92. The maximum atomic E-state index is 14.4. The van der Waals surface area contributed by atoms with Crippen molar-refractivity contribution < 1.29 is 55.2 Å². The Hall–Kier alpha value is -5.21. The molecule has 0 saturated heterocycles. The van der Waals surface area contributed by atoms with Gasteiger partial charge < -0.3 is 24.2 Å². The first-order valence-corrected chi connectivity index (χ1v) is 13.4. The summed E-state index contributed by atoms with van der Waals surface area (Å²) in [6.07, 6.45) is -9.14. The molecule has 0 bridgehead atoms. The lowest BCUT2D eigenvalue weighted by Crippen LogP contribution is -2.26. The van der Waals surface area contributed by atoms with Crippen LogP contribution in [0.2, 0.25) is 0 Å². The topological polar surface area (TPSA) is 103 Å². The Morgan fingerprint density at radius 3 is 2.53 bits per heavy atom. The molecule has 1 N–H and O–H groups in total. The number of carbonyl (C=O) groups excluding carboxylic acids is 1. The van der Waals surface area contributed by atoms with E-state index in [1.807, 2.05) is 0 Å². The number of carboxylic acid groups (broad SMARTS) is 1. The first kappa shape index (κ1) is 29.8. The summed E-state index contributed by atoms with van der Waals surface area (Å²) in [5.74, 6) is -3.78. The van der Waals surface area contributed by atoms with Crippen molar-refractivity contribution in [1.82, 2.24) is 9.78 Å². The van der Waals surface area contributed by atoms with Crippen molar-refractivity contribution in [3.63, 3.8) is 0 Å². The zero-order chi connectivity index (χ0) is 32.3. The van der Waals surface area contributed by atoms with Crippen molar-refractivity contribution in [1.29, 1.82) is 0 Å². The third kappa shape index (κ3) is 5.60. The maximum Gasteiger partial charge on any atom is 0.586 e. The fraction of sp³-hybridized carbons (Fsp3) is 0.233. The number of hydrogen-bond acceptors (Lipinski definition) is 6. The van der Waals surface area contributed by atoms with Gasteiger partial charge in [0.1, 0.15) is 17.7 Å². The minimum absolute atomic E-state index is 0.0286. The van der Waals surface area contributed by atoms with E-state index in [4.69, 9.17) is 9.84 Å². The predicted octanol–water partition coefficient (Wildman–Crippen LogP) is 6.78. The largest absolute Gasteiger partial charge is 0.586 e. The molecular formula is C30H21F6N3O6. The summed E-state index contributed by atoms with van der Waals surface area (Å²) in [6, 6.07) is 12.4. The number of halogens is 6. The van der Waals surface area contributed by atoms with Crippen molar-refractivity contribution in [3.8, 4) is 22.9 Å². The van der Waals surface area contributed by atoms with Crippen LogP contribution in [-0.2, 0) is 12.6 Å². The highest BCUT2D eigenvalue weighted by atomic mass is 19.4. The van der Waals surface area contributed by atoms with Crippen LogP contribution < -0.4 is 19.1 Å². The molecule has 9 nitrogen and oxygen atoms in total. The number of aromatic carboxylic acids is 1. The number of alkyl halides is 5. The predicted molar refractivity (Wildman–Crippen MR) is 144 cm³/mol. The molecule has 1 amide bonds. The highest BCUT2D eigenvalue weighted by molar-refractivity contribution is 6.06. The molecule has 4 aromatic rings. The van der Waals surface area contributed by atoms with Crippen molar-refractivity contribution >= 4 is 17.6 Å². The number of amides is 1. The highest BCUT2D eigenvalue weighted by Gasteiger charge is 2.44. The van der Waals surface area contributed by atoms with E-state index < -0.39 is 47.5 Å². The minimum atomic E-state index is -4.82. The van der Waals surface area contributed by atoms with E-state index in [0.717, 1.165) is 21.7 Å². The van der Waals surface area contributed by atoms with Gasteiger partial charge in [0.05, 0.1) is 16.9 Å². The molecule has 0 saturated carbocycles. The summed E-state index contributed by atoms with van der Waals surface area (Å²) >= 11 is 0. The first-order valence-electron chi connectivity index (χ1n) is 13.4. The number of hydrogen-bond donors (Lipinski definition) is 1. The molecule has 6 rings (SSSR count). The zero-order valence-electron chi connectivity index (χ0n) is 23.1. The quantitative estimate of drug-likeness (QED) is 0.234. The summed E-state index contributed by atoms with van der Waals surface area (Å²) in [4.78, 5) is 25.7. The molecule has 3 aromatic carbocycles. The summed E-state index contributed by atoms with van der Waals surface area (Å²) in [5, 5.41) is 13.0. The molecule has 1 aliphatic heterocycles. The molecule has 1 unspecified atom stereocenters. The van der Waals surface area contributed by atoms with Crippen LogP contribution in [0.25, 0.3) is 5.69 Å². The Morgan fingerprint density at radius 2 is 1.82 bits per heavy atom. The smallest absolute Gasteiger partial charge is 0.484 e. The number of fused-ring (bicyclic) bond motifs is 2. The Kier molecular flexibility index (Phi) is 7.13. The minimum Gasteiger partial charge on any atom is -0.484 e. The first-order chi connectivity index (χ1) is 21.2. The third-order valence-electron chi connectivity index (χ3n) is 7.35. The molecular weight excluding hydrogens is 612 g/mol. The molecule has 0 spiro atoms. The summed E-state index contributed by atoms with van der Waals surface area (Å²) in [5.41, 5.74) is -1.50. The van der Waals surface area contributed by atoms with Gasteiger partial charge in [0.2, 0.25) is 0 Å². The van der Waals surface area contributed by atoms with Crippen molar-refractivity contribution in [2.24, 2.45) is 0 Å². The van der Waals surface area contributed by atoms with Gasteiger partial charge in [-0.05, 0) is 61.7 Å². The lowest BCUT2D eigenvalue weighted by Gasteiger charge is -2.26. The molecule has 2 heterocycles. The molecule has 234 valence electrons. The molecule has 15 heteroatoms. The Bertz CT molecular complexity index is 1840. The Labute approximate surface area is 250 Å². The van der Waals surface area contributed by atoms with Gasteiger partial charge in [-0.15, -0.1) is 8.78 Å². The maximum absolute atomic E-state index is 14.4. The van der Waals surface area contributed by atoms with Gasteiger partial charge >= 0.3 is 18.4 Å². The van der Waals surface area contributed by atoms with E-state index in [0.29, 0.717) is 6.42 Å². The van der Waals surface area contributed by atoms with Gasteiger partial charge in [-0.1, -0.05) is 6.07 Å². The average molecular weight is 634 g/mol. The van der Waals surface area contributed by atoms with Crippen LogP contribution >= 0.6 is 0 Å². The summed E-state index contributed by atoms with van der Waals surface area (Å²) in [7, 11) is 1.38. The fourth-order valence-corrected chi connectivity index (χ4v) is 5.32. The van der Waals surface area contributed by atoms with Gasteiger partial charge in [-0.2, -0.15) is 18.3 Å². The molecule has 45 heavy (non-hydrogen) atoms. The van der Waals surface area contributed by atoms with Gasteiger partial charge in [-0.25, -0.2) is 13.9 Å². The van der Waals surface area contributed by atoms with Crippen LogP contribution in [-0.4, -0.2) is 40.1 Å². The van der Waals surface area contributed by atoms with Crippen LogP contribution in [0.5, 0.6) is 17.2 Å². The number of ether oxygens (including phenoxy) is 3. The van der Waals surface area contributed by atoms with Gasteiger partial charge in [0.15, 0.2) is 17.2 Å². The van der Waals surface area contributed by atoms with E-state index in [-0.39, 0.29) is 58.3 Å². The van der Waals surface area contributed by atoms with Gasteiger partial charge in [0, 0.05) is 36.0 Å². The fourth-order valence-electron chi connectivity index (χ4n) is 5.32. The van der Waals surface area contributed by atoms with E-state index in [9.17, 15) is 35.9 Å². The van der Waals surface area contributed by atoms with E-state index in [1.165, 1.54) is 55.6 Å². The number of carbonyl (C=O) groups is 2. The van der Waals surface area contributed by atoms with E-state index in [2.05, 4.69) is 14.6 Å². The standard InChI is InChI=1S/C30H21F6N3O6/c1-38(16-8-11-22-24(13-16)45-30(35,36)44-22)27(40)15-4-2-5-17(12-15)39-25-20(26(37-39)29(32,33)34)6-3-7-23(25)43-18-9-10-19(28(41)42)21(31)14-18/h2,4-5,8-14,23H,3,6-7H2,1H3,(H,41,42). The van der Waals surface area contributed by atoms with E-state index in [1.54, 1.807) is 0 Å². The van der Waals surface area contributed by atoms with Crippen LogP contribution in [0, 0.1) is 5.82 Å². The molecule has 0 radical (unpaired) electrons. The van der Waals surface area contributed by atoms with Crippen LogP contribution in [0.15, 0.2) is 60.7 Å². The van der Waals surface area contributed by atoms with Crippen LogP contribution in [0.3, 0.4) is 0 Å². The van der Waals surface area contributed by atoms with Crippen LogP contribution in [0.4, 0.5) is 32.0 Å². The van der Waals surface area contributed by atoms with E-state index >= 15 is 0 Å². The van der Waals surface area contributed by atoms with Gasteiger partial charge in [0.25, 0.3) is 5.91 Å². The molecule has 1 atom stereocenters. The van der Waals surface area contributed by atoms with Crippen molar-refractivity contribution in [3.05, 3.63) is 94.6 Å². The SMILES string of the molecule is CN(C(=O)c1cccc(-n2nc(C(F)(F)F)c3c2C(Oc2ccc(C(=O)O)c(F)c2)CCC3)c1)c1ccc2c(c1)OC(F)(F)O2. The average Bonchev–Trinajstić information content (AvgIpc) is 3.53. The third-order valence-corrected chi connectivity index (χ3v) is 7.35. The summed E-state index contributed by atoms with van der Waals surface area (Å²) < 4.78 is 99.4. The number of aromatic nitrogens is 2. The normalized spacial score (nSPS) is 16.6. The number of carboxylic acids is 1. The molecule has 2 aliphatic rings. The molecule has 1 aliphatic carbocycles. The number of benzene rings is 3.